The Balaban J connectivity index is 1.67. The summed E-state index contributed by atoms with van der Waals surface area (Å²) in [6.07, 6.45) is 0.177. The lowest BCUT2D eigenvalue weighted by atomic mass is 9.95. The standard InChI is InChI=1S/C19H17F2N3O3/c1-12(13-6-8-15(9-7-13)27-19(20)21)10-14(25)11-24-18(26)16-4-2-3-5-17(16)22-23-24/h2-9,12,19H,10-11H2,1H3/t12-/m1/s1. The van der Waals surface area contributed by atoms with Crippen molar-refractivity contribution in [2.24, 2.45) is 0 Å². The zero-order valence-corrected chi connectivity index (χ0v) is 14.5. The van der Waals surface area contributed by atoms with Crippen LogP contribution < -0.4 is 10.3 Å². The van der Waals surface area contributed by atoms with Crippen molar-refractivity contribution in [3.05, 3.63) is 64.4 Å². The third-order valence-corrected chi connectivity index (χ3v) is 4.16. The Bertz CT molecular complexity index is 1000. The van der Waals surface area contributed by atoms with Gasteiger partial charge in [-0.15, -0.1) is 5.10 Å². The van der Waals surface area contributed by atoms with Crippen molar-refractivity contribution in [2.45, 2.75) is 32.4 Å². The second-order valence-electron chi connectivity index (χ2n) is 6.16. The number of rotatable bonds is 7. The van der Waals surface area contributed by atoms with E-state index in [9.17, 15) is 18.4 Å². The normalized spacial score (nSPS) is 12.3. The van der Waals surface area contributed by atoms with Gasteiger partial charge < -0.3 is 4.74 Å². The molecule has 0 radical (unpaired) electrons. The van der Waals surface area contributed by atoms with Crippen molar-refractivity contribution in [2.75, 3.05) is 0 Å². The van der Waals surface area contributed by atoms with E-state index in [1.165, 1.54) is 12.1 Å². The summed E-state index contributed by atoms with van der Waals surface area (Å²) in [5.74, 6) is -0.269. The first kappa shape index (κ1) is 18.6. The van der Waals surface area contributed by atoms with E-state index in [0.717, 1.165) is 10.2 Å². The van der Waals surface area contributed by atoms with Crippen LogP contribution in [-0.2, 0) is 11.3 Å². The zero-order chi connectivity index (χ0) is 19.4. The van der Waals surface area contributed by atoms with E-state index in [1.54, 1.807) is 36.4 Å². The van der Waals surface area contributed by atoms with E-state index < -0.39 is 6.61 Å². The van der Waals surface area contributed by atoms with Gasteiger partial charge in [-0.05, 0) is 35.7 Å². The molecule has 1 aromatic heterocycles. The highest BCUT2D eigenvalue weighted by molar-refractivity contribution is 5.80. The molecule has 0 N–H and O–H groups in total. The molecule has 0 amide bonds. The van der Waals surface area contributed by atoms with Crippen LogP contribution in [0.4, 0.5) is 8.78 Å². The minimum Gasteiger partial charge on any atom is -0.435 e. The molecule has 0 aliphatic rings. The molecular formula is C19H17F2N3O3. The summed E-state index contributed by atoms with van der Waals surface area (Å²) in [5.41, 5.74) is 0.919. The van der Waals surface area contributed by atoms with Crippen LogP contribution in [0.5, 0.6) is 5.75 Å². The number of Topliss-reactive ketones (excluding diaryl/α,β-unsaturated/α-hetero) is 1. The minimum absolute atomic E-state index is 0.0604. The highest BCUT2D eigenvalue weighted by Crippen LogP contribution is 2.23. The van der Waals surface area contributed by atoms with Crippen molar-refractivity contribution in [3.8, 4) is 5.75 Å². The molecule has 0 aliphatic carbocycles. The largest absolute Gasteiger partial charge is 0.435 e. The number of nitrogens with zero attached hydrogens (tertiary/aromatic N) is 3. The maximum Gasteiger partial charge on any atom is 0.387 e. The molecule has 2 aromatic carbocycles. The summed E-state index contributed by atoms with van der Waals surface area (Å²) in [6, 6.07) is 12.9. The molecule has 0 fully saturated rings. The van der Waals surface area contributed by atoms with Crippen LogP contribution in [0.1, 0.15) is 24.8 Å². The van der Waals surface area contributed by atoms with Crippen molar-refractivity contribution in [1.29, 1.82) is 0 Å². The van der Waals surface area contributed by atoms with Crippen LogP contribution >= 0.6 is 0 Å². The number of fused-ring (bicyclic) bond motifs is 1. The molecule has 0 saturated heterocycles. The summed E-state index contributed by atoms with van der Waals surface area (Å²) in [4.78, 5) is 24.7. The van der Waals surface area contributed by atoms with Gasteiger partial charge in [-0.2, -0.15) is 8.78 Å². The van der Waals surface area contributed by atoms with Gasteiger partial charge in [0.25, 0.3) is 5.56 Å². The molecular weight excluding hydrogens is 356 g/mol. The van der Waals surface area contributed by atoms with Crippen molar-refractivity contribution >= 4 is 16.7 Å². The first-order chi connectivity index (χ1) is 12.9. The number of ketones is 1. The van der Waals surface area contributed by atoms with E-state index in [0.29, 0.717) is 10.9 Å². The third-order valence-electron chi connectivity index (χ3n) is 4.16. The number of benzene rings is 2. The number of aromatic nitrogens is 3. The average molecular weight is 373 g/mol. The Kier molecular flexibility index (Phi) is 5.54. The molecule has 0 unspecified atom stereocenters. The predicted molar refractivity (Wildman–Crippen MR) is 94.9 cm³/mol. The number of hydrogen-bond acceptors (Lipinski definition) is 5. The summed E-state index contributed by atoms with van der Waals surface area (Å²) in [5, 5.41) is 8.17. The number of ether oxygens (including phenoxy) is 1. The minimum atomic E-state index is -2.88. The van der Waals surface area contributed by atoms with Gasteiger partial charge >= 0.3 is 6.61 Å². The smallest absolute Gasteiger partial charge is 0.387 e. The first-order valence-electron chi connectivity index (χ1n) is 8.33. The Morgan fingerprint density at radius 3 is 2.56 bits per heavy atom. The Labute approximate surface area is 153 Å². The monoisotopic (exact) mass is 373 g/mol. The van der Waals surface area contributed by atoms with Crippen LogP contribution in [-0.4, -0.2) is 27.4 Å². The van der Waals surface area contributed by atoms with Gasteiger partial charge in [0, 0.05) is 6.42 Å². The molecule has 1 heterocycles. The Hall–Kier alpha value is -3.16. The van der Waals surface area contributed by atoms with E-state index in [4.69, 9.17) is 0 Å². The van der Waals surface area contributed by atoms with Gasteiger partial charge in [0.1, 0.15) is 17.8 Å². The second kappa shape index (κ2) is 8.03. The van der Waals surface area contributed by atoms with E-state index in [2.05, 4.69) is 15.0 Å². The average Bonchev–Trinajstić information content (AvgIpc) is 2.64. The maximum atomic E-state index is 12.4. The van der Waals surface area contributed by atoms with Gasteiger partial charge in [0.15, 0.2) is 5.78 Å². The molecule has 0 aliphatic heterocycles. The Morgan fingerprint density at radius 2 is 1.85 bits per heavy atom. The van der Waals surface area contributed by atoms with Gasteiger partial charge in [-0.25, -0.2) is 4.68 Å². The lowest BCUT2D eigenvalue weighted by Crippen LogP contribution is -2.28. The van der Waals surface area contributed by atoms with Crippen molar-refractivity contribution in [1.82, 2.24) is 15.0 Å². The number of carbonyl (C=O) groups is 1. The van der Waals surface area contributed by atoms with E-state index in [1.807, 2.05) is 6.92 Å². The fraction of sp³-hybridized carbons (Fsp3) is 0.263. The van der Waals surface area contributed by atoms with Crippen LogP contribution in [0.3, 0.4) is 0 Å². The number of halogens is 2. The molecule has 0 spiro atoms. The quantitative estimate of drug-likeness (QED) is 0.636. The lowest BCUT2D eigenvalue weighted by molar-refractivity contribution is -0.120. The molecule has 0 saturated carbocycles. The molecule has 0 bridgehead atoms. The lowest BCUT2D eigenvalue weighted by Gasteiger charge is -2.12. The molecule has 3 rings (SSSR count). The molecule has 6 nitrogen and oxygen atoms in total. The first-order valence-corrected chi connectivity index (χ1v) is 8.33. The fourth-order valence-corrected chi connectivity index (χ4v) is 2.80. The van der Waals surface area contributed by atoms with Crippen LogP contribution in [0.25, 0.3) is 10.9 Å². The fourth-order valence-electron chi connectivity index (χ4n) is 2.80. The molecule has 1 atom stereocenters. The van der Waals surface area contributed by atoms with Crippen LogP contribution in [0.2, 0.25) is 0 Å². The zero-order valence-electron chi connectivity index (χ0n) is 14.5. The van der Waals surface area contributed by atoms with Crippen molar-refractivity contribution in [3.63, 3.8) is 0 Å². The maximum absolute atomic E-state index is 12.4. The summed E-state index contributed by atoms with van der Waals surface area (Å²) in [7, 11) is 0. The van der Waals surface area contributed by atoms with Crippen LogP contribution in [0.15, 0.2) is 53.3 Å². The van der Waals surface area contributed by atoms with E-state index >= 15 is 0 Å². The van der Waals surface area contributed by atoms with Gasteiger partial charge in [0.05, 0.1) is 5.39 Å². The summed E-state index contributed by atoms with van der Waals surface area (Å²) in [6.45, 7) is -1.21. The Morgan fingerprint density at radius 1 is 1.15 bits per heavy atom. The molecule has 27 heavy (non-hydrogen) atoms. The number of hydrogen-bond donors (Lipinski definition) is 0. The summed E-state index contributed by atoms with van der Waals surface area (Å²) < 4.78 is 29.7. The SMILES string of the molecule is C[C@H](CC(=O)Cn1nnc2ccccc2c1=O)c1ccc(OC(F)F)cc1. The number of carbonyl (C=O) groups excluding carboxylic acids is 1. The van der Waals surface area contributed by atoms with Crippen molar-refractivity contribution < 1.29 is 18.3 Å². The van der Waals surface area contributed by atoms with Gasteiger partial charge in [-0.3, -0.25) is 9.59 Å². The molecule has 8 heteroatoms. The highest BCUT2D eigenvalue weighted by Gasteiger charge is 2.15. The van der Waals surface area contributed by atoms with Gasteiger partial charge in [0.2, 0.25) is 0 Å². The number of alkyl halides is 2. The molecule has 140 valence electrons. The topological polar surface area (TPSA) is 74.1 Å². The summed E-state index contributed by atoms with van der Waals surface area (Å²) >= 11 is 0. The second-order valence-corrected chi connectivity index (χ2v) is 6.16. The third kappa shape index (κ3) is 4.52. The van der Waals surface area contributed by atoms with Crippen LogP contribution in [0, 0.1) is 0 Å². The predicted octanol–water partition coefficient (Wildman–Crippen LogP) is 3.16. The van der Waals surface area contributed by atoms with E-state index in [-0.39, 0.29) is 36.0 Å². The van der Waals surface area contributed by atoms with Gasteiger partial charge in [-0.1, -0.05) is 36.4 Å². The molecule has 3 aromatic rings. The highest BCUT2D eigenvalue weighted by atomic mass is 19.3.